The van der Waals surface area contributed by atoms with Crippen molar-refractivity contribution in [3.05, 3.63) is 94.0 Å². The number of aryl methyl sites for hydroxylation is 1. The molecule has 0 spiro atoms. The molecule has 7 nitrogen and oxygen atoms in total. The van der Waals surface area contributed by atoms with Gasteiger partial charge in [0.05, 0.1) is 23.5 Å². The predicted octanol–water partition coefficient (Wildman–Crippen LogP) is 5.04. The summed E-state index contributed by atoms with van der Waals surface area (Å²) < 4.78 is 5.14. The standard InChI is InChI=1S/C28H28ClN3O4/c1-3-36-28(35)22-11-12-25(24(18-22)30-26(33)21-10-9-19(2)23(29)17-21)31-13-15-32(16-14-31)27(34)20-7-5-4-6-8-20/h4-12,17-18H,3,13-16H2,1-2H3,(H,30,33). The molecule has 0 bridgehead atoms. The Morgan fingerprint density at radius 1 is 0.889 bits per heavy atom. The van der Waals surface area contributed by atoms with Crippen LogP contribution in [0.25, 0.3) is 0 Å². The van der Waals surface area contributed by atoms with E-state index >= 15 is 0 Å². The Bertz CT molecular complexity index is 1270. The van der Waals surface area contributed by atoms with E-state index in [1.165, 1.54) is 0 Å². The fourth-order valence-electron chi connectivity index (χ4n) is 4.10. The van der Waals surface area contributed by atoms with Gasteiger partial charge in [0, 0.05) is 42.3 Å². The van der Waals surface area contributed by atoms with E-state index in [0.717, 1.165) is 11.3 Å². The lowest BCUT2D eigenvalue weighted by Crippen LogP contribution is -2.49. The number of benzene rings is 3. The van der Waals surface area contributed by atoms with Crippen LogP contribution in [-0.2, 0) is 4.74 Å². The van der Waals surface area contributed by atoms with Crippen LogP contribution in [-0.4, -0.2) is 55.5 Å². The molecule has 3 aromatic rings. The van der Waals surface area contributed by atoms with Crippen molar-refractivity contribution in [3.8, 4) is 0 Å². The third-order valence-corrected chi connectivity index (χ3v) is 6.53. The number of anilines is 2. The van der Waals surface area contributed by atoms with Gasteiger partial charge in [0.1, 0.15) is 0 Å². The Morgan fingerprint density at radius 3 is 2.25 bits per heavy atom. The molecule has 0 aliphatic carbocycles. The molecule has 1 aliphatic heterocycles. The Morgan fingerprint density at radius 2 is 1.58 bits per heavy atom. The molecular formula is C28H28ClN3O4. The summed E-state index contributed by atoms with van der Waals surface area (Å²) in [6, 6.07) is 19.4. The molecule has 0 aromatic heterocycles. The van der Waals surface area contributed by atoms with Crippen LogP contribution in [0.15, 0.2) is 66.7 Å². The Hall–Kier alpha value is -3.84. The zero-order valence-corrected chi connectivity index (χ0v) is 21.0. The molecular weight excluding hydrogens is 478 g/mol. The number of rotatable bonds is 6. The van der Waals surface area contributed by atoms with Crippen molar-refractivity contribution in [2.75, 3.05) is 43.0 Å². The van der Waals surface area contributed by atoms with Gasteiger partial charge in [0.2, 0.25) is 0 Å². The first-order valence-corrected chi connectivity index (χ1v) is 12.2. The van der Waals surface area contributed by atoms with Crippen molar-refractivity contribution in [1.29, 1.82) is 0 Å². The molecule has 36 heavy (non-hydrogen) atoms. The van der Waals surface area contributed by atoms with Crippen molar-refractivity contribution in [2.45, 2.75) is 13.8 Å². The number of esters is 1. The van der Waals surface area contributed by atoms with Crippen molar-refractivity contribution in [2.24, 2.45) is 0 Å². The lowest BCUT2D eigenvalue weighted by atomic mass is 10.1. The summed E-state index contributed by atoms with van der Waals surface area (Å²) in [5.74, 6) is -0.800. The minimum absolute atomic E-state index is 0.00214. The maximum atomic E-state index is 13.1. The average Bonchev–Trinajstić information content (AvgIpc) is 2.90. The number of carbonyl (C=O) groups excluding carboxylic acids is 3. The van der Waals surface area contributed by atoms with E-state index in [1.807, 2.05) is 42.2 Å². The lowest BCUT2D eigenvalue weighted by Gasteiger charge is -2.37. The van der Waals surface area contributed by atoms with Gasteiger partial charge >= 0.3 is 5.97 Å². The third-order valence-electron chi connectivity index (χ3n) is 6.12. The number of carbonyl (C=O) groups is 3. The van der Waals surface area contributed by atoms with Gasteiger partial charge in [0.25, 0.3) is 11.8 Å². The van der Waals surface area contributed by atoms with Crippen LogP contribution < -0.4 is 10.2 Å². The highest BCUT2D eigenvalue weighted by Gasteiger charge is 2.25. The second-order valence-electron chi connectivity index (χ2n) is 8.52. The number of amides is 2. The molecule has 0 radical (unpaired) electrons. The molecule has 1 heterocycles. The van der Waals surface area contributed by atoms with Crippen molar-refractivity contribution >= 4 is 40.8 Å². The second kappa shape index (κ2) is 11.3. The molecule has 1 N–H and O–H groups in total. The topological polar surface area (TPSA) is 79.0 Å². The maximum absolute atomic E-state index is 13.1. The van der Waals surface area contributed by atoms with Gasteiger partial charge in [-0.25, -0.2) is 4.79 Å². The third kappa shape index (κ3) is 5.69. The van der Waals surface area contributed by atoms with E-state index in [2.05, 4.69) is 10.2 Å². The van der Waals surface area contributed by atoms with Crippen molar-refractivity contribution in [1.82, 2.24) is 4.90 Å². The second-order valence-corrected chi connectivity index (χ2v) is 8.92. The lowest BCUT2D eigenvalue weighted by molar-refractivity contribution is 0.0526. The van der Waals surface area contributed by atoms with Crippen LogP contribution in [0.2, 0.25) is 5.02 Å². The quantitative estimate of drug-likeness (QED) is 0.475. The summed E-state index contributed by atoms with van der Waals surface area (Å²) in [5.41, 5.74) is 3.55. The SMILES string of the molecule is CCOC(=O)c1ccc(N2CCN(C(=O)c3ccccc3)CC2)c(NC(=O)c2ccc(C)c(Cl)c2)c1. The first-order valence-electron chi connectivity index (χ1n) is 11.9. The molecule has 8 heteroatoms. The highest BCUT2D eigenvalue weighted by Crippen LogP contribution is 2.30. The highest BCUT2D eigenvalue weighted by molar-refractivity contribution is 6.31. The first-order chi connectivity index (χ1) is 17.4. The number of halogens is 1. The zero-order chi connectivity index (χ0) is 25.7. The van der Waals surface area contributed by atoms with Gasteiger partial charge in [-0.3, -0.25) is 9.59 Å². The molecule has 186 valence electrons. The van der Waals surface area contributed by atoms with Gasteiger partial charge in [-0.1, -0.05) is 35.9 Å². The van der Waals surface area contributed by atoms with Gasteiger partial charge in [-0.15, -0.1) is 0 Å². The summed E-state index contributed by atoms with van der Waals surface area (Å²) >= 11 is 6.22. The number of hydrogen-bond acceptors (Lipinski definition) is 5. The summed E-state index contributed by atoms with van der Waals surface area (Å²) in [7, 11) is 0. The predicted molar refractivity (Wildman–Crippen MR) is 141 cm³/mol. The summed E-state index contributed by atoms with van der Waals surface area (Å²) in [6.07, 6.45) is 0. The number of ether oxygens (including phenoxy) is 1. The highest BCUT2D eigenvalue weighted by atomic mass is 35.5. The number of nitrogens with zero attached hydrogens (tertiary/aromatic N) is 2. The van der Waals surface area contributed by atoms with E-state index in [1.54, 1.807) is 43.3 Å². The molecule has 0 saturated carbocycles. The van der Waals surface area contributed by atoms with Gasteiger partial charge < -0.3 is 19.9 Å². The Labute approximate surface area is 215 Å². The molecule has 2 amide bonds. The van der Waals surface area contributed by atoms with Gasteiger partial charge in [-0.2, -0.15) is 0 Å². The van der Waals surface area contributed by atoms with Crippen molar-refractivity contribution < 1.29 is 19.1 Å². The molecule has 1 aliphatic rings. The van der Waals surface area contributed by atoms with Gasteiger partial charge in [-0.05, 0) is 61.9 Å². The zero-order valence-electron chi connectivity index (χ0n) is 20.3. The van der Waals surface area contributed by atoms with E-state index in [4.69, 9.17) is 16.3 Å². The normalized spacial score (nSPS) is 13.3. The summed E-state index contributed by atoms with van der Waals surface area (Å²) in [4.78, 5) is 42.2. The monoisotopic (exact) mass is 505 g/mol. The van der Waals surface area contributed by atoms with E-state index in [-0.39, 0.29) is 18.4 Å². The molecule has 1 fully saturated rings. The van der Waals surface area contributed by atoms with Crippen LogP contribution >= 0.6 is 11.6 Å². The summed E-state index contributed by atoms with van der Waals surface area (Å²) in [5, 5.41) is 3.44. The average molecular weight is 506 g/mol. The van der Waals surface area contributed by atoms with Gasteiger partial charge in [0.15, 0.2) is 0 Å². The Balaban J connectivity index is 1.56. The summed E-state index contributed by atoms with van der Waals surface area (Å²) in [6.45, 7) is 6.09. The van der Waals surface area contributed by atoms with Crippen LogP contribution in [0.1, 0.15) is 43.6 Å². The van der Waals surface area contributed by atoms with E-state index < -0.39 is 5.97 Å². The van der Waals surface area contributed by atoms with Crippen LogP contribution in [0.5, 0.6) is 0 Å². The Kier molecular flexibility index (Phi) is 7.90. The van der Waals surface area contributed by atoms with Crippen LogP contribution in [0, 0.1) is 6.92 Å². The molecule has 0 atom stereocenters. The number of hydrogen-bond donors (Lipinski definition) is 1. The van der Waals surface area contributed by atoms with Crippen LogP contribution in [0.4, 0.5) is 11.4 Å². The number of piperazine rings is 1. The molecule has 1 saturated heterocycles. The minimum Gasteiger partial charge on any atom is -0.462 e. The van der Waals surface area contributed by atoms with E-state index in [0.29, 0.717) is 53.6 Å². The minimum atomic E-state index is -0.462. The molecule has 3 aromatic carbocycles. The molecule has 4 rings (SSSR count). The first kappa shape index (κ1) is 25.3. The largest absolute Gasteiger partial charge is 0.462 e. The fourth-order valence-corrected chi connectivity index (χ4v) is 4.28. The number of nitrogens with one attached hydrogen (secondary N) is 1. The molecule has 0 unspecified atom stereocenters. The maximum Gasteiger partial charge on any atom is 0.338 e. The van der Waals surface area contributed by atoms with Crippen molar-refractivity contribution in [3.63, 3.8) is 0 Å². The smallest absolute Gasteiger partial charge is 0.338 e. The fraction of sp³-hybridized carbons (Fsp3) is 0.250. The van der Waals surface area contributed by atoms with E-state index in [9.17, 15) is 14.4 Å². The van der Waals surface area contributed by atoms with Crippen LogP contribution in [0.3, 0.4) is 0 Å².